The number of amides is 2. The number of alkyl halides is 3. The summed E-state index contributed by atoms with van der Waals surface area (Å²) in [5, 5.41) is 10.7. The second-order valence-corrected chi connectivity index (χ2v) is 11.0. The van der Waals surface area contributed by atoms with Gasteiger partial charge in [-0.1, -0.05) is 35.3 Å². The van der Waals surface area contributed by atoms with Crippen LogP contribution in [-0.2, 0) is 10.4 Å². The second-order valence-electron chi connectivity index (χ2n) is 10.2. The molecular formula is C26H29Cl2F3N4O3. The van der Waals surface area contributed by atoms with Crippen molar-refractivity contribution in [3.63, 3.8) is 0 Å². The van der Waals surface area contributed by atoms with Crippen molar-refractivity contribution < 1.29 is 27.9 Å². The number of aromatic nitrogens is 1. The number of halogens is 5. The Bertz CT molecular complexity index is 1200. The molecular weight excluding hydrogens is 544 g/mol. The number of aliphatic hydroxyl groups is 1. The predicted molar refractivity (Wildman–Crippen MR) is 138 cm³/mol. The molecule has 0 radical (unpaired) electrons. The maximum Gasteiger partial charge on any atom is 0.430 e. The van der Waals surface area contributed by atoms with Crippen LogP contribution >= 0.6 is 23.2 Å². The minimum atomic E-state index is -5.19. The van der Waals surface area contributed by atoms with Crippen LogP contribution in [0.1, 0.15) is 35.2 Å². The molecule has 38 heavy (non-hydrogen) atoms. The number of benzene rings is 1. The van der Waals surface area contributed by atoms with Crippen LogP contribution in [0.5, 0.6) is 0 Å². The highest BCUT2D eigenvalue weighted by Crippen LogP contribution is 2.43. The van der Waals surface area contributed by atoms with E-state index in [4.69, 9.17) is 23.2 Å². The van der Waals surface area contributed by atoms with Crippen LogP contribution in [0.15, 0.2) is 36.4 Å². The molecule has 2 fully saturated rings. The molecule has 0 bridgehead atoms. The molecule has 2 aliphatic heterocycles. The largest absolute Gasteiger partial charge is 0.430 e. The molecule has 7 nitrogen and oxygen atoms in total. The number of piperidine rings is 1. The summed E-state index contributed by atoms with van der Waals surface area (Å²) >= 11 is 12.1. The maximum atomic E-state index is 13.9. The Morgan fingerprint density at radius 1 is 1.08 bits per heavy atom. The van der Waals surface area contributed by atoms with E-state index >= 15 is 0 Å². The Hall–Kier alpha value is -2.56. The van der Waals surface area contributed by atoms with Crippen molar-refractivity contribution in [2.75, 3.05) is 45.2 Å². The third-order valence-electron chi connectivity index (χ3n) is 7.28. The molecule has 2 aromatic rings. The summed E-state index contributed by atoms with van der Waals surface area (Å²) < 4.78 is 41.7. The number of pyridine rings is 1. The van der Waals surface area contributed by atoms with Crippen LogP contribution in [0.4, 0.5) is 19.0 Å². The number of hydrogen-bond donors (Lipinski definition) is 1. The lowest BCUT2D eigenvalue weighted by molar-refractivity contribution is -0.264. The number of hydrogen-bond acceptors (Lipinski definition) is 5. The van der Waals surface area contributed by atoms with Crippen LogP contribution in [0, 0.1) is 11.8 Å². The van der Waals surface area contributed by atoms with E-state index in [1.165, 1.54) is 17.0 Å². The average molecular weight is 573 g/mol. The third kappa shape index (κ3) is 5.58. The molecule has 1 aromatic heterocycles. The summed E-state index contributed by atoms with van der Waals surface area (Å²) in [7, 11) is 3.29. The molecule has 0 aliphatic carbocycles. The SMILES string of the molecule is CN(C)C(=O)c1ccc(N2CCC(CC3CN(C(=O)C(O)(c4cccc(Cl)c4)C(F)(F)F)C3)CC2)nc1Cl. The van der Waals surface area contributed by atoms with E-state index in [0.717, 1.165) is 49.4 Å². The van der Waals surface area contributed by atoms with Crippen LogP contribution in [0.3, 0.4) is 0 Å². The summed E-state index contributed by atoms with van der Waals surface area (Å²) in [6.07, 6.45) is -2.69. The first kappa shape index (κ1) is 28.4. The van der Waals surface area contributed by atoms with Crippen LogP contribution in [-0.4, -0.2) is 78.2 Å². The lowest BCUT2D eigenvalue weighted by atomic mass is 9.82. The van der Waals surface area contributed by atoms with Crippen LogP contribution < -0.4 is 4.90 Å². The fourth-order valence-corrected chi connectivity index (χ4v) is 5.53. The molecule has 1 atom stereocenters. The topological polar surface area (TPSA) is 77.0 Å². The van der Waals surface area contributed by atoms with E-state index in [9.17, 15) is 27.9 Å². The van der Waals surface area contributed by atoms with Crippen molar-refractivity contribution >= 4 is 40.8 Å². The fraction of sp³-hybridized carbons (Fsp3) is 0.500. The first-order chi connectivity index (χ1) is 17.8. The van der Waals surface area contributed by atoms with E-state index in [1.54, 1.807) is 26.2 Å². The van der Waals surface area contributed by atoms with Gasteiger partial charge in [-0.25, -0.2) is 4.98 Å². The predicted octanol–water partition coefficient (Wildman–Crippen LogP) is 4.61. The summed E-state index contributed by atoms with van der Waals surface area (Å²) in [5.74, 6) is -0.486. The molecule has 12 heteroatoms. The number of nitrogens with zero attached hydrogens (tertiary/aromatic N) is 4. The van der Waals surface area contributed by atoms with Crippen LogP contribution in [0.25, 0.3) is 0 Å². The monoisotopic (exact) mass is 572 g/mol. The van der Waals surface area contributed by atoms with Crippen molar-refractivity contribution in [2.45, 2.75) is 31.0 Å². The van der Waals surface area contributed by atoms with Crippen molar-refractivity contribution in [3.05, 3.63) is 57.7 Å². The molecule has 1 N–H and O–H groups in total. The Morgan fingerprint density at radius 3 is 2.29 bits per heavy atom. The highest BCUT2D eigenvalue weighted by molar-refractivity contribution is 6.32. The first-order valence-electron chi connectivity index (χ1n) is 12.3. The number of likely N-dealkylation sites (tertiary alicyclic amines) is 1. The maximum absolute atomic E-state index is 13.9. The zero-order valence-electron chi connectivity index (χ0n) is 21.0. The first-order valence-corrected chi connectivity index (χ1v) is 13.0. The molecule has 3 heterocycles. The number of carbonyl (C=O) groups excluding carboxylic acids is 2. The van der Waals surface area contributed by atoms with Crippen LogP contribution in [0.2, 0.25) is 10.2 Å². The van der Waals surface area contributed by atoms with Gasteiger partial charge in [0.25, 0.3) is 17.4 Å². The summed E-state index contributed by atoms with van der Waals surface area (Å²) in [6.45, 7) is 1.78. The van der Waals surface area contributed by atoms with Gasteiger partial charge in [0.2, 0.25) is 0 Å². The van der Waals surface area contributed by atoms with E-state index in [0.29, 0.717) is 17.3 Å². The Balaban J connectivity index is 1.31. The lowest BCUT2D eigenvalue weighted by Gasteiger charge is -2.45. The van der Waals surface area contributed by atoms with E-state index in [-0.39, 0.29) is 35.1 Å². The van der Waals surface area contributed by atoms with E-state index in [1.807, 2.05) is 0 Å². The van der Waals surface area contributed by atoms with E-state index in [2.05, 4.69) is 9.88 Å². The minimum absolute atomic E-state index is 0.00118. The van der Waals surface area contributed by atoms with E-state index < -0.39 is 23.2 Å². The van der Waals surface area contributed by atoms with Gasteiger partial charge in [-0.15, -0.1) is 0 Å². The molecule has 2 amide bonds. The zero-order chi connectivity index (χ0) is 27.8. The molecule has 2 saturated heterocycles. The van der Waals surface area contributed by atoms with Gasteiger partial charge in [-0.3, -0.25) is 9.59 Å². The van der Waals surface area contributed by atoms with Gasteiger partial charge in [0.05, 0.1) is 5.56 Å². The molecule has 206 valence electrons. The highest BCUT2D eigenvalue weighted by Gasteiger charge is 2.63. The molecule has 2 aliphatic rings. The number of carbonyl (C=O) groups is 2. The third-order valence-corrected chi connectivity index (χ3v) is 7.81. The van der Waals surface area contributed by atoms with Crippen molar-refractivity contribution in [3.8, 4) is 0 Å². The van der Waals surface area contributed by atoms with Gasteiger partial charge in [0.15, 0.2) is 0 Å². The zero-order valence-corrected chi connectivity index (χ0v) is 22.5. The van der Waals surface area contributed by atoms with Gasteiger partial charge in [-0.05, 0) is 55.4 Å². The standard InChI is InChI=1S/C26H29Cl2F3N4O3/c1-33(2)23(36)20-6-7-21(32-22(20)28)34-10-8-16(9-11-34)12-17-14-35(15-17)24(37)25(38,26(29,30)31)18-4-3-5-19(27)13-18/h3-7,13,16-17,38H,8-12,14-15H2,1-2H3. The van der Waals surface area contributed by atoms with Gasteiger partial charge in [0.1, 0.15) is 11.0 Å². The van der Waals surface area contributed by atoms with Gasteiger partial charge >= 0.3 is 6.18 Å². The smallest absolute Gasteiger partial charge is 0.368 e. The van der Waals surface area contributed by atoms with Crippen molar-refractivity contribution in [2.24, 2.45) is 11.8 Å². The quantitative estimate of drug-likeness (QED) is 0.512. The molecule has 0 saturated carbocycles. The Morgan fingerprint density at radius 2 is 1.74 bits per heavy atom. The summed E-state index contributed by atoms with van der Waals surface area (Å²) in [5.41, 5.74) is -3.90. The lowest BCUT2D eigenvalue weighted by Crippen LogP contribution is -2.61. The summed E-state index contributed by atoms with van der Waals surface area (Å²) in [6, 6.07) is 8.12. The normalized spacial score (nSPS) is 18.6. The highest BCUT2D eigenvalue weighted by atomic mass is 35.5. The average Bonchev–Trinajstić information content (AvgIpc) is 2.84. The number of rotatable bonds is 6. The fourth-order valence-electron chi connectivity index (χ4n) is 5.11. The Labute approximate surface area is 229 Å². The second kappa shape index (κ2) is 10.9. The van der Waals surface area contributed by atoms with Gasteiger partial charge in [0, 0.05) is 50.9 Å². The molecule has 1 aromatic carbocycles. The summed E-state index contributed by atoms with van der Waals surface area (Å²) in [4.78, 5) is 34.0. The minimum Gasteiger partial charge on any atom is -0.368 e. The molecule has 4 rings (SSSR count). The molecule has 1 unspecified atom stereocenters. The van der Waals surface area contributed by atoms with Crippen molar-refractivity contribution in [1.29, 1.82) is 0 Å². The van der Waals surface area contributed by atoms with Gasteiger partial charge in [-0.2, -0.15) is 13.2 Å². The molecule has 0 spiro atoms. The van der Waals surface area contributed by atoms with Gasteiger partial charge < -0.3 is 19.8 Å². The van der Waals surface area contributed by atoms with Crippen molar-refractivity contribution in [1.82, 2.24) is 14.8 Å². The Kier molecular flexibility index (Phi) is 8.16. The number of anilines is 1.